The Hall–Kier alpha value is -1.67. The lowest BCUT2D eigenvalue weighted by Crippen LogP contribution is -2.13. The highest BCUT2D eigenvalue weighted by molar-refractivity contribution is 7.92. The molecule has 0 aliphatic heterocycles. The Morgan fingerprint density at radius 2 is 1.88 bits per heavy atom. The van der Waals surface area contributed by atoms with E-state index in [0.717, 1.165) is 5.56 Å². The van der Waals surface area contributed by atoms with Crippen LogP contribution in [0.25, 0.3) is 0 Å². The molecule has 0 saturated heterocycles. The zero-order chi connectivity index (χ0) is 12.5. The van der Waals surface area contributed by atoms with Gasteiger partial charge in [-0.3, -0.25) is 10.2 Å². The number of aryl methyl sites for hydroxylation is 1. The van der Waals surface area contributed by atoms with Crippen molar-refractivity contribution in [1.82, 2.24) is 15.2 Å². The minimum Gasteiger partial charge on any atom is -0.272 e. The average molecular weight is 270 g/mol. The van der Waals surface area contributed by atoms with Crippen molar-refractivity contribution in [1.29, 1.82) is 0 Å². The van der Waals surface area contributed by atoms with Crippen molar-refractivity contribution in [2.45, 2.75) is 11.8 Å². The number of nitrogens with zero attached hydrogens (tertiary/aromatic N) is 1. The van der Waals surface area contributed by atoms with Crippen LogP contribution in [-0.2, 0) is 10.0 Å². The number of benzene rings is 1. The molecule has 0 fully saturated rings. The number of sulfonamides is 1. The summed E-state index contributed by atoms with van der Waals surface area (Å²) in [6.07, 6.45) is 0. The number of aromatic nitrogens is 3. The predicted molar refractivity (Wildman–Crippen MR) is 65.8 cm³/mol. The molecule has 1 aromatic heterocycles. The van der Waals surface area contributed by atoms with Gasteiger partial charge in [0.15, 0.2) is 0 Å². The maximum Gasteiger partial charge on any atom is 0.264 e. The maximum atomic E-state index is 11.9. The van der Waals surface area contributed by atoms with E-state index in [9.17, 15) is 8.42 Å². The first kappa shape index (κ1) is 11.8. The van der Waals surface area contributed by atoms with Gasteiger partial charge in [0.1, 0.15) is 0 Å². The summed E-state index contributed by atoms with van der Waals surface area (Å²) >= 11 is 4.72. The summed E-state index contributed by atoms with van der Waals surface area (Å²) in [6.45, 7) is 1.88. The first-order valence-corrected chi connectivity index (χ1v) is 6.61. The molecule has 17 heavy (non-hydrogen) atoms. The van der Waals surface area contributed by atoms with Crippen LogP contribution in [0.4, 0.5) is 5.95 Å². The summed E-state index contributed by atoms with van der Waals surface area (Å²) in [5.74, 6) is 0.0653. The van der Waals surface area contributed by atoms with Crippen molar-refractivity contribution in [3.63, 3.8) is 0 Å². The molecule has 90 valence electrons. The maximum absolute atomic E-state index is 11.9. The van der Waals surface area contributed by atoms with E-state index >= 15 is 0 Å². The smallest absolute Gasteiger partial charge is 0.264 e. The molecule has 0 atom stereocenters. The van der Waals surface area contributed by atoms with E-state index < -0.39 is 10.0 Å². The van der Waals surface area contributed by atoms with Gasteiger partial charge in [0, 0.05) is 0 Å². The third kappa shape index (κ3) is 2.71. The zero-order valence-corrected chi connectivity index (χ0v) is 10.5. The van der Waals surface area contributed by atoms with E-state index in [1.165, 1.54) is 12.1 Å². The summed E-state index contributed by atoms with van der Waals surface area (Å²) in [5, 5.41) is 5.02. The molecule has 8 heteroatoms. The molecule has 0 radical (unpaired) electrons. The Morgan fingerprint density at radius 1 is 1.24 bits per heavy atom. The number of hydrogen-bond acceptors (Lipinski definition) is 4. The van der Waals surface area contributed by atoms with Gasteiger partial charge < -0.3 is 0 Å². The topological polar surface area (TPSA) is 90.6 Å². The van der Waals surface area contributed by atoms with Crippen LogP contribution in [0.15, 0.2) is 29.2 Å². The van der Waals surface area contributed by atoms with Crippen LogP contribution in [0.3, 0.4) is 0 Å². The number of nitrogens with one attached hydrogen (secondary N) is 3. The Labute approximate surface area is 103 Å². The SMILES string of the molecule is Cc1ccc(S(=O)(=O)Nc2nc(=S)[nH][nH]2)cc1. The first-order valence-electron chi connectivity index (χ1n) is 4.71. The standard InChI is InChI=1S/C9H10N4O2S2/c1-6-2-4-7(5-3-6)17(14,15)13-8-10-9(16)12-11-8/h2-5H,1H3,(H3,10,11,12,13,16). The summed E-state index contributed by atoms with van der Waals surface area (Å²) in [7, 11) is -3.63. The minimum absolute atomic E-state index is 0.0653. The van der Waals surface area contributed by atoms with Gasteiger partial charge in [0.2, 0.25) is 10.7 Å². The molecule has 2 rings (SSSR count). The molecule has 6 nitrogen and oxygen atoms in total. The molecule has 0 aliphatic carbocycles. The van der Waals surface area contributed by atoms with Crippen LogP contribution >= 0.6 is 12.2 Å². The second-order valence-electron chi connectivity index (χ2n) is 3.43. The molecule has 1 heterocycles. The summed E-state index contributed by atoms with van der Waals surface area (Å²) in [6, 6.07) is 6.50. The Balaban J connectivity index is 2.31. The molecule has 0 bridgehead atoms. The van der Waals surface area contributed by atoms with E-state index in [1.807, 2.05) is 6.92 Å². The fourth-order valence-electron chi connectivity index (χ4n) is 1.22. The second kappa shape index (κ2) is 4.30. The summed E-state index contributed by atoms with van der Waals surface area (Å²) in [5.41, 5.74) is 0.989. The lowest BCUT2D eigenvalue weighted by atomic mass is 10.2. The van der Waals surface area contributed by atoms with E-state index in [4.69, 9.17) is 12.2 Å². The van der Waals surface area contributed by atoms with Crippen LogP contribution in [0, 0.1) is 11.7 Å². The number of anilines is 1. The van der Waals surface area contributed by atoms with E-state index in [0.29, 0.717) is 0 Å². The van der Waals surface area contributed by atoms with Crippen molar-refractivity contribution >= 4 is 28.2 Å². The average Bonchev–Trinajstić information content (AvgIpc) is 2.63. The van der Waals surface area contributed by atoms with Crippen LogP contribution in [0.5, 0.6) is 0 Å². The Morgan fingerprint density at radius 3 is 2.41 bits per heavy atom. The number of hydrogen-bond donors (Lipinski definition) is 3. The number of rotatable bonds is 3. The lowest BCUT2D eigenvalue weighted by molar-refractivity contribution is 0.601. The van der Waals surface area contributed by atoms with Crippen LogP contribution in [0.2, 0.25) is 0 Å². The zero-order valence-electron chi connectivity index (χ0n) is 8.89. The molecule has 0 saturated carbocycles. The van der Waals surface area contributed by atoms with Gasteiger partial charge in [-0.1, -0.05) is 17.7 Å². The van der Waals surface area contributed by atoms with Gasteiger partial charge >= 0.3 is 0 Å². The highest BCUT2D eigenvalue weighted by Crippen LogP contribution is 2.13. The molecule has 0 spiro atoms. The fraction of sp³-hybridized carbons (Fsp3) is 0.111. The molecule has 0 amide bonds. The first-order chi connectivity index (χ1) is 7.97. The third-order valence-electron chi connectivity index (χ3n) is 2.06. The van der Waals surface area contributed by atoms with Crippen molar-refractivity contribution in [2.24, 2.45) is 0 Å². The quantitative estimate of drug-likeness (QED) is 0.738. The Kier molecular flexibility index (Phi) is 2.99. The van der Waals surface area contributed by atoms with Gasteiger partial charge in [0.05, 0.1) is 4.90 Å². The van der Waals surface area contributed by atoms with E-state index in [2.05, 4.69) is 19.9 Å². The minimum atomic E-state index is -3.63. The van der Waals surface area contributed by atoms with Crippen molar-refractivity contribution in [3.05, 3.63) is 34.6 Å². The summed E-state index contributed by atoms with van der Waals surface area (Å²) in [4.78, 5) is 3.92. The van der Waals surface area contributed by atoms with E-state index in [-0.39, 0.29) is 15.6 Å². The van der Waals surface area contributed by atoms with Crippen molar-refractivity contribution < 1.29 is 8.42 Å². The molecule has 0 unspecified atom stereocenters. The Bertz CT molecular complexity index is 670. The molecule has 2 aromatic rings. The predicted octanol–water partition coefficient (Wildman–Crippen LogP) is 1.58. The van der Waals surface area contributed by atoms with E-state index in [1.54, 1.807) is 12.1 Å². The molecule has 0 aliphatic rings. The highest BCUT2D eigenvalue weighted by atomic mass is 32.2. The van der Waals surface area contributed by atoms with Gasteiger partial charge in [-0.15, -0.1) is 0 Å². The summed E-state index contributed by atoms with van der Waals surface area (Å²) < 4.78 is 26.3. The van der Waals surface area contributed by atoms with Gasteiger partial charge in [-0.25, -0.2) is 13.1 Å². The largest absolute Gasteiger partial charge is 0.272 e. The molecule has 3 N–H and O–H groups in total. The normalized spacial score (nSPS) is 11.4. The van der Waals surface area contributed by atoms with Crippen LogP contribution in [-0.4, -0.2) is 23.6 Å². The molecular formula is C9H10N4O2S2. The molecular weight excluding hydrogens is 260 g/mol. The van der Waals surface area contributed by atoms with Crippen LogP contribution in [0.1, 0.15) is 5.56 Å². The van der Waals surface area contributed by atoms with Crippen molar-refractivity contribution in [2.75, 3.05) is 4.72 Å². The van der Waals surface area contributed by atoms with Gasteiger partial charge in [0.25, 0.3) is 10.0 Å². The van der Waals surface area contributed by atoms with Crippen LogP contribution < -0.4 is 4.72 Å². The third-order valence-corrected chi connectivity index (χ3v) is 3.61. The monoisotopic (exact) mass is 270 g/mol. The van der Waals surface area contributed by atoms with Crippen molar-refractivity contribution in [3.8, 4) is 0 Å². The van der Waals surface area contributed by atoms with Gasteiger partial charge in [-0.05, 0) is 31.3 Å². The highest BCUT2D eigenvalue weighted by Gasteiger charge is 2.14. The van der Waals surface area contributed by atoms with Gasteiger partial charge in [-0.2, -0.15) is 4.98 Å². The number of H-pyrrole nitrogens is 2. The lowest BCUT2D eigenvalue weighted by Gasteiger charge is -2.04. The fourth-order valence-corrected chi connectivity index (χ4v) is 2.33. The molecule has 1 aromatic carbocycles. The number of aromatic amines is 2. The second-order valence-corrected chi connectivity index (χ2v) is 5.50.